The van der Waals surface area contributed by atoms with Crippen LogP contribution in [0.5, 0.6) is 0 Å². The number of esters is 2. The number of alkyl halides is 2. The lowest BCUT2D eigenvalue weighted by Gasteiger charge is -2.14. The zero-order valence-corrected chi connectivity index (χ0v) is 11.0. The fraction of sp³-hybridized carbons (Fsp3) is 0.800. The summed E-state index contributed by atoms with van der Waals surface area (Å²) in [6.45, 7) is 4.93. The molecule has 0 saturated carbocycles. The highest BCUT2D eigenvalue weighted by atomic mass is 35.5. The van der Waals surface area contributed by atoms with E-state index in [1.54, 1.807) is 6.92 Å². The van der Waals surface area contributed by atoms with Gasteiger partial charge in [0.25, 0.3) is 0 Å². The van der Waals surface area contributed by atoms with Crippen molar-refractivity contribution in [3.8, 4) is 0 Å². The van der Waals surface area contributed by atoms with Crippen molar-refractivity contribution in [1.82, 2.24) is 0 Å². The second kappa shape index (κ2) is 7.74. The van der Waals surface area contributed by atoms with Crippen LogP contribution in [0.4, 0.5) is 0 Å². The van der Waals surface area contributed by atoms with Crippen molar-refractivity contribution < 1.29 is 19.1 Å². The van der Waals surface area contributed by atoms with Crippen molar-refractivity contribution >= 4 is 35.1 Å². The lowest BCUT2D eigenvalue weighted by Crippen LogP contribution is -2.23. The SMILES string of the molecule is C[C@H](CCOC(=O)[C@@H](C)Cl)OC(=O)[C@H](C)Cl. The van der Waals surface area contributed by atoms with Gasteiger partial charge in [-0.1, -0.05) is 0 Å². The van der Waals surface area contributed by atoms with E-state index in [-0.39, 0.29) is 12.7 Å². The molecule has 94 valence electrons. The van der Waals surface area contributed by atoms with E-state index in [1.807, 2.05) is 0 Å². The third-order valence-corrected chi connectivity index (χ3v) is 2.09. The third kappa shape index (κ3) is 6.90. The molecule has 3 atom stereocenters. The molecule has 0 N–H and O–H groups in total. The first-order valence-corrected chi connectivity index (χ1v) is 5.87. The monoisotopic (exact) mass is 270 g/mol. The summed E-state index contributed by atoms with van der Waals surface area (Å²) in [4.78, 5) is 22.0. The van der Waals surface area contributed by atoms with Gasteiger partial charge in [-0.3, -0.25) is 9.59 Å². The first-order chi connectivity index (χ1) is 7.34. The van der Waals surface area contributed by atoms with Crippen LogP contribution in [0.2, 0.25) is 0 Å². The molecule has 0 aliphatic heterocycles. The molecule has 0 fully saturated rings. The fourth-order valence-corrected chi connectivity index (χ4v) is 0.906. The maximum Gasteiger partial charge on any atom is 0.324 e. The van der Waals surface area contributed by atoms with Crippen LogP contribution in [-0.2, 0) is 19.1 Å². The molecule has 0 heterocycles. The summed E-state index contributed by atoms with van der Waals surface area (Å²) in [5.41, 5.74) is 0. The average molecular weight is 271 g/mol. The molecular weight excluding hydrogens is 255 g/mol. The van der Waals surface area contributed by atoms with Crippen molar-refractivity contribution in [1.29, 1.82) is 0 Å². The maximum atomic E-state index is 11.1. The molecule has 4 nitrogen and oxygen atoms in total. The topological polar surface area (TPSA) is 52.6 Å². The highest BCUT2D eigenvalue weighted by Crippen LogP contribution is 2.05. The molecule has 0 unspecified atom stereocenters. The Bertz CT molecular complexity index is 241. The molecule has 0 amide bonds. The highest BCUT2D eigenvalue weighted by molar-refractivity contribution is 6.29. The molecule has 0 saturated heterocycles. The van der Waals surface area contributed by atoms with E-state index < -0.39 is 22.7 Å². The first kappa shape index (κ1) is 15.5. The largest absolute Gasteiger partial charge is 0.464 e. The van der Waals surface area contributed by atoms with Crippen LogP contribution in [-0.4, -0.2) is 35.4 Å². The summed E-state index contributed by atoms with van der Waals surface area (Å²) >= 11 is 11.0. The first-order valence-electron chi connectivity index (χ1n) is 4.99. The van der Waals surface area contributed by atoms with E-state index in [9.17, 15) is 9.59 Å². The number of rotatable bonds is 6. The highest BCUT2D eigenvalue weighted by Gasteiger charge is 2.16. The third-order valence-electron chi connectivity index (χ3n) is 1.74. The van der Waals surface area contributed by atoms with Gasteiger partial charge in [0.15, 0.2) is 0 Å². The lowest BCUT2D eigenvalue weighted by atomic mass is 10.3. The predicted molar refractivity (Wildman–Crippen MR) is 61.8 cm³/mol. The number of hydrogen-bond acceptors (Lipinski definition) is 4. The Morgan fingerprint density at radius 3 is 2.00 bits per heavy atom. The van der Waals surface area contributed by atoms with Gasteiger partial charge >= 0.3 is 11.9 Å². The van der Waals surface area contributed by atoms with Gasteiger partial charge in [-0.15, -0.1) is 23.2 Å². The minimum absolute atomic E-state index is 0.168. The van der Waals surface area contributed by atoms with E-state index in [1.165, 1.54) is 13.8 Å². The Balaban J connectivity index is 3.70. The lowest BCUT2D eigenvalue weighted by molar-refractivity contribution is -0.149. The van der Waals surface area contributed by atoms with E-state index in [2.05, 4.69) is 0 Å². The fourth-order valence-electron chi connectivity index (χ4n) is 0.791. The Hall–Kier alpha value is -0.480. The Labute approximate surface area is 105 Å². The molecule has 0 aromatic heterocycles. The summed E-state index contributed by atoms with van der Waals surface area (Å²) in [5.74, 6) is -0.961. The van der Waals surface area contributed by atoms with Crippen LogP contribution in [0.15, 0.2) is 0 Å². The summed E-state index contributed by atoms with van der Waals surface area (Å²) in [6, 6.07) is 0. The van der Waals surface area contributed by atoms with Gasteiger partial charge in [0, 0.05) is 6.42 Å². The number of ether oxygens (including phenoxy) is 2. The second-order valence-electron chi connectivity index (χ2n) is 3.44. The number of hydrogen-bond donors (Lipinski definition) is 0. The van der Waals surface area contributed by atoms with Gasteiger partial charge in [-0.2, -0.15) is 0 Å². The van der Waals surface area contributed by atoms with Crippen molar-refractivity contribution in [2.75, 3.05) is 6.61 Å². The van der Waals surface area contributed by atoms with E-state index >= 15 is 0 Å². The molecule has 16 heavy (non-hydrogen) atoms. The van der Waals surface area contributed by atoms with Gasteiger partial charge in [-0.25, -0.2) is 0 Å². The van der Waals surface area contributed by atoms with Gasteiger partial charge in [0.2, 0.25) is 0 Å². The Kier molecular flexibility index (Phi) is 7.51. The van der Waals surface area contributed by atoms with Crippen LogP contribution in [0.1, 0.15) is 27.2 Å². The maximum absolute atomic E-state index is 11.1. The number of carbonyl (C=O) groups excluding carboxylic acids is 2. The van der Waals surface area contributed by atoms with Gasteiger partial charge in [-0.05, 0) is 20.8 Å². The predicted octanol–water partition coefficient (Wildman–Crippen LogP) is 2.11. The summed E-state index contributed by atoms with van der Waals surface area (Å²) in [6.07, 6.45) is 0.0807. The summed E-state index contributed by atoms with van der Waals surface area (Å²) in [5, 5.41) is -1.34. The van der Waals surface area contributed by atoms with Crippen molar-refractivity contribution in [2.45, 2.75) is 44.1 Å². The van der Waals surface area contributed by atoms with Crippen molar-refractivity contribution in [2.24, 2.45) is 0 Å². The van der Waals surface area contributed by atoms with E-state index in [0.29, 0.717) is 6.42 Å². The smallest absolute Gasteiger partial charge is 0.324 e. The molecule has 0 rings (SSSR count). The molecule has 0 aliphatic carbocycles. The molecule has 0 aromatic rings. The van der Waals surface area contributed by atoms with Crippen LogP contribution in [0, 0.1) is 0 Å². The van der Waals surface area contributed by atoms with Gasteiger partial charge in [0.1, 0.15) is 16.9 Å². The zero-order valence-electron chi connectivity index (χ0n) is 9.54. The normalized spacial score (nSPS) is 16.1. The molecular formula is C10H16Cl2O4. The molecule has 0 aromatic carbocycles. The molecule has 0 bridgehead atoms. The number of halogens is 2. The van der Waals surface area contributed by atoms with Crippen molar-refractivity contribution in [3.63, 3.8) is 0 Å². The number of carbonyl (C=O) groups is 2. The minimum Gasteiger partial charge on any atom is -0.464 e. The molecule has 6 heteroatoms. The van der Waals surface area contributed by atoms with Gasteiger partial charge in [0.05, 0.1) is 6.61 Å². The Morgan fingerprint density at radius 2 is 1.56 bits per heavy atom. The second-order valence-corrected chi connectivity index (χ2v) is 4.74. The summed E-state index contributed by atoms with van der Waals surface area (Å²) in [7, 11) is 0. The van der Waals surface area contributed by atoms with E-state index in [4.69, 9.17) is 32.7 Å². The average Bonchev–Trinajstić information content (AvgIpc) is 2.16. The Morgan fingerprint density at radius 1 is 1.06 bits per heavy atom. The van der Waals surface area contributed by atoms with Crippen LogP contribution < -0.4 is 0 Å². The van der Waals surface area contributed by atoms with Crippen LogP contribution >= 0.6 is 23.2 Å². The van der Waals surface area contributed by atoms with Gasteiger partial charge < -0.3 is 9.47 Å². The molecule has 0 radical (unpaired) electrons. The van der Waals surface area contributed by atoms with E-state index in [0.717, 1.165) is 0 Å². The zero-order chi connectivity index (χ0) is 12.7. The quantitative estimate of drug-likeness (QED) is 0.548. The molecule has 0 aliphatic rings. The summed E-state index contributed by atoms with van der Waals surface area (Å²) < 4.78 is 9.78. The minimum atomic E-state index is -0.673. The standard InChI is InChI=1S/C10H16Cl2O4/c1-6(16-10(14)8(3)12)4-5-15-9(13)7(2)11/h6-8H,4-5H2,1-3H3/t6-,7-,8+/m1/s1. The van der Waals surface area contributed by atoms with Crippen LogP contribution in [0.25, 0.3) is 0 Å². The molecule has 0 spiro atoms. The van der Waals surface area contributed by atoms with Crippen LogP contribution in [0.3, 0.4) is 0 Å². The van der Waals surface area contributed by atoms with Crippen molar-refractivity contribution in [3.05, 3.63) is 0 Å².